The van der Waals surface area contributed by atoms with Crippen LogP contribution in [0.3, 0.4) is 0 Å². The molecule has 2 N–H and O–H groups in total. The van der Waals surface area contributed by atoms with E-state index in [0.29, 0.717) is 18.8 Å². The van der Waals surface area contributed by atoms with Crippen LogP contribution >= 0.6 is 23.7 Å². The maximum atomic E-state index is 12.5. The van der Waals surface area contributed by atoms with E-state index in [0.717, 1.165) is 34.1 Å². The van der Waals surface area contributed by atoms with E-state index in [1.165, 1.54) is 0 Å². The number of rotatable bonds is 3. The van der Waals surface area contributed by atoms with Crippen molar-refractivity contribution < 1.29 is 4.79 Å². The number of hydrogen-bond acceptors (Lipinski definition) is 5. The number of carbonyl (C=O) groups excluding carboxylic acids is 1. The summed E-state index contributed by atoms with van der Waals surface area (Å²) in [6.45, 7) is 4.17. The topological polar surface area (TPSA) is 73.9 Å². The quantitative estimate of drug-likeness (QED) is 0.896. The van der Waals surface area contributed by atoms with Crippen molar-refractivity contribution in [1.82, 2.24) is 25.4 Å². The number of nitrogens with zero attached hydrogens (tertiary/aromatic N) is 3. The predicted molar refractivity (Wildman–Crippen MR) is 83.9 cm³/mol. The molecular formula is C13H18ClN5OS. The lowest BCUT2D eigenvalue weighted by Gasteiger charge is -2.17. The third-order valence-electron chi connectivity index (χ3n) is 3.42. The van der Waals surface area contributed by atoms with Crippen molar-refractivity contribution in [2.24, 2.45) is 0 Å². The Morgan fingerprint density at radius 1 is 1.52 bits per heavy atom. The van der Waals surface area contributed by atoms with Gasteiger partial charge >= 0.3 is 0 Å². The van der Waals surface area contributed by atoms with Crippen molar-refractivity contribution in [2.75, 3.05) is 13.6 Å². The molecule has 6 nitrogen and oxygen atoms in total. The van der Waals surface area contributed by atoms with E-state index in [1.807, 2.05) is 13.1 Å². The van der Waals surface area contributed by atoms with Gasteiger partial charge in [-0.2, -0.15) is 5.10 Å². The number of aromatic amines is 1. The van der Waals surface area contributed by atoms with Gasteiger partial charge < -0.3 is 10.2 Å². The first-order valence-electron chi connectivity index (χ1n) is 6.58. The molecule has 0 unspecified atom stereocenters. The van der Waals surface area contributed by atoms with Gasteiger partial charge in [-0.15, -0.1) is 23.7 Å². The summed E-state index contributed by atoms with van der Waals surface area (Å²) in [5, 5.41) is 11.5. The molecule has 0 fully saturated rings. The predicted octanol–water partition coefficient (Wildman–Crippen LogP) is 1.51. The summed E-state index contributed by atoms with van der Waals surface area (Å²) in [6.07, 6.45) is 2.72. The van der Waals surface area contributed by atoms with E-state index in [-0.39, 0.29) is 18.3 Å². The molecule has 8 heteroatoms. The number of aryl methyl sites for hydroxylation is 1. The fourth-order valence-corrected chi connectivity index (χ4v) is 3.22. The number of thiazole rings is 1. The first-order valence-corrected chi connectivity index (χ1v) is 7.40. The minimum Gasteiger partial charge on any atom is -0.335 e. The van der Waals surface area contributed by atoms with Gasteiger partial charge in [0.2, 0.25) is 0 Å². The van der Waals surface area contributed by atoms with E-state index in [2.05, 4.69) is 20.5 Å². The number of halogens is 1. The van der Waals surface area contributed by atoms with Crippen LogP contribution in [0.1, 0.15) is 31.6 Å². The van der Waals surface area contributed by atoms with Crippen LogP contribution in [0.5, 0.6) is 0 Å². The largest absolute Gasteiger partial charge is 0.335 e. The van der Waals surface area contributed by atoms with E-state index in [9.17, 15) is 4.79 Å². The molecule has 0 radical (unpaired) electrons. The summed E-state index contributed by atoms with van der Waals surface area (Å²) in [6, 6.07) is 0. The Hall–Kier alpha value is -1.44. The van der Waals surface area contributed by atoms with Gasteiger partial charge in [-0.3, -0.25) is 9.89 Å². The number of nitrogens with one attached hydrogen (secondary N) is 2. The minimum atomic E-state index is -0.0442. The Balaban J connectivity index is 0.00000161. The molecule has 114 valence electrons. The molecule has 0 saturated heterocycles. The minimum absolute atomic E-state index is 0. The van der Waals surface area contributed by atoms with Crippen LogP contribution in [-0.2, 0) is 19.5 Å². The lowest BCUT2D eigenvalue weighted by molar-refractivity contribution is 0.0779. The Morgan fingerprint density at radius 2 is 2.33 bits per heavy atom. The van der Waals surface area contributed by atoms with Gasteiger partial charge in [-0.25, -0.2) is 4.98 Å². The van der Waals surface area contributed by atoms with Gasteiger partial charge in [-0.1, -0.05) is 0 Å². The molecule has 2 aromatic rings. The summed E-state index contributed by atoms with van der Waals surface area (Å²) in [7, 11) is 1.80. The van der Waals surface area contributed by atoms with Gasteiger partial charge in [0.1, 0.15) is 0 Å². The maximum absolute atomic E-state index is 12.5. The third-order valence-corrected chi connectivity index (χ3v) is 4.32. The number of carbonyl (C=O) groups is 1. The highest BCUT2D eigenvalue weighted by atomic mass is 35.5. The van der Waals surface area contributed by atoms with Gasteiger partial charge in [0.15, 0.2) is 5.69 Å². The first kappa shape index (κ1) is 15.9. The smallest absolute Gasteiger partial charge is 0.274 e. The first-order chi connectivity index (χ1) is 9.65. The van der Waals surface area contributed by atoms with Crippen molar-refractivity contribution >= 4 is 29.7 Å². The third kappa shape index (κ3) is 3.25. The number of amides is 1. The molecule has 0 atom stereocenters. The maximum Gasteiger partial charge on any atom is 0.274 e. The second kappa shape index (κ2) is 6.55. The number of fused-ring (bicyclic) bond motifs is 1. The zero-order chi connectivity index (χ0) is 14.1. The van der Waals surface area contributed by atoms with E-state index in [4.69, 9.17) is 0 Å². The van der Waals surface area contributed by atoms with Gasteiger partial charge in [-0.05, 0) is 6.92 Å². The van der Waals surface area contributed by atoms with E-state index >= 15 is 0 Å². The zero-order valence-electron chi connectivity index (χ0n) is 12.0. The number of hydrogen-bond donors (Lipinski definition) is 2. The highest BCUT2D eigenvalue weighted by Crippen LogP contribution is 2.19. The molecule has 2 aromatic heterocycles. The lowest BCUT2D eigenvalue weighted by atomic mass is 10.1. The molecule has 0 aliphatic carbocycles. The Morgan fingerprint density at radius 3 is 3.05 bits per heavy atom. The molecule has 0 aromatic carbocycles. The monoisotopic (exact) mass is 327 g/mol. The van der Waals surface area contributed by atoms with Crippen molar-refractivity contribution in [2.45, 2.75) is 26.4 Å². The normalized spacial score (nSPS) is 13.4. The molecule has 3 heterocycles. The van der Waals surface area contributed by atoms with E-state index < -0.39 is 0 Å². The molecule has 1 aliphatic heterocycles. The van der Waals surface area contributed by atoms with Crippen molar-refractivity contribution in [3.05, 3.63) is 33.0 Å². The summed E-state index contributed by atoms with van der Waals surface area (Å²) in [5.41, 5.74) is 2.62. The summed E-state index contributed by atoms with van der Waals surface area (Å²) in [4.78, 5) is 19.5. The van der Waals surface area contributed by atoms with Crippen LogP contribution in [0.25, 0.3) is 0 Å². The lowest BCUT2D eigenvalue weighted by Crippen LogP contribution is -2.29. The van der Waals surface area contributed by atoms with Crippen molar-refractivity contribution in [3.63, 3.8) is 0 Å². The van der Waals surface area contributed by atoms with Crippen LogP contribution in [0.15, 0.2) is 6.20 Å². The highest BCUT2D eigenvalue weighted by molar-refractivity contribution is 7.11. The Labute approximate surface area is 133 Å². The van der Waals surface area contributed by atoms with Crippen LogP contribution in [0.4, 0.5) is 0 Å². The van der Waals surface area contributed by atoms with Crippen LogP contribution in [0, 0.1) is 6.92 Å². The Kier molecular flexibility index (Phi) is 4.97. The number of H-pyrrole nitrogens is 1. The van der Waals surface area contributed by atoms with Crippen LogP contribution < -0.4 is 5.32 Å². The molecule has 0 spiro atoms. The molecule has 21 heavy (non-hydrogen) atoms. The van der Waals surface area contributed by atoms with Crippen molar-refractivity contribution in [1.29, 1.82) is 0 Å². The van der Waals surface area contributed by atoms with Gasteiger partial charge in [0, 0.05) is 48.9 Å². The molecule has 1 aliphatic rings. The zero-order valence-corrected chi connectivity index (χ0v) is 13.6. The van der Waals surface area contributed by atoms with Gasteiger partial charge in [0.25, 0.3) is 5.91 Å². The van der Waals surface area contributed by atoms with Crippen LogP contribution in [0.2, 0.25) is 0 Å². The average molecular weight is 328 g/mol. The average Bonchev–Trinajstić information content (AvgIpc) is 3.04. The summed E-state index contributed by atoms with van der Waals surface area (Å²) >= 11 is 1.61. The standard InChI is InChI=1S/C13H17N5OS.ClH/c1-8-15-5-9(20-8)7-18(2)13(19)12-10-6-14-4-3-11(10)16-17-12;/h5,14H,3-4,6-7H2,1-2H3,(H,16,17);1H. The second-order valence-corrected chi connectivity index (χ2v) is 6.28. The van der Waals surface area contributed by atoms with Gasteiger partial charge in [0.05, 0.1) is 11.6 Å². The van der Waals surface area contributed by atoms with Crippen LogP contribution in [-0.4, -0.2) is 39.6 Å². The fraction of sp³-hybridized carbons (Fsp3) is 0.462. The van der Waals surface area contributed by atoms with E-state index in [1.54, 1.807) is 23.3 Å². The van der Waals surface area contributed by atoms with Crippen molar-refractivity contribution in [3.8, 4) is 0 Å². The molecule has 1 amide bonds. The summed E-state index contributed by atoms with van der Waals surface area (Å²) < 4.78 is 0. The number of aromatic nitrogens is 3. The SMILES string of the molecule is Cc1ncc(CN(C)C(=O)c2n[nH]c3c2CNCC3)s1.Cl. The highest BCUT2D eigenvalue weighted by Gasteiger charge is 2.24. The fourth-order valence-electron chi connectivity index (χ4n) is 2.37. The molecule has 3 rings (SSSR count). The molecule has 0 saturated carbocycles. The molecule has 0 bridgehead atoms. The molecular weight excluding hydrogens is 310 g/mol. The second-order valence-electron chi connectivity index (χ2n) is 4.96. The Bertz CT molecular complexity index is 638. The summed E-state index contributed by atoms with van der Waals surface area (Å²) in [5.74, 6) is -0.0442.